The largest absolute Gasteiger partial charge is 0.353 e. The van der Waals surface area contributed by atoms with Gasteiger partial charge in [0.05, 0.1) is 33.4 Å². The highest BCUT2D eigenvalue weighted by molar-refractivity contribution is 8.03. The van der Waals surface area contributed by atoms with Crippen LogP contribution in [0, 0.1) is 11.3 Å². The SMILES string of the molecule is CC(=O)C1=C(C)NC(SCC(=O)c2ccccc2Cl)=C(C#N)[C@@H]1c1ccccc1Cl. The van der Waals surface area contributed by atoms with Crippen molar-refractivity contribution in [3.05, 3.63) is 91.6 Å². The lowest BCUT2D eigenvalue weighted by atomic mass is 9.81. The molecule has 1 aliphatic heterocycles. The number of carbonyl (C=O) groups is 2. The van der Waals surface area contributed by atoms with Gasteiger partial charge in [-0.2, -0.15) is 5.26 Å². The molecular formula is C23H18Cl2N2O2S. The zero-order chi connectivity index (χ0) is 21.8. The summed E-state index contributed by atoms with van der Waals surface area (Å²) in [7, 11) is 0. The second-order valence-electron chi connectivity index (χ2n) is 6.72. The molecule has 2 aromatic rings. The van der Waals surface area contributed by atoms with Crippen molar-refractivity contribution in [2.45, 2.75) is 19.8 Å². The van der Waals surface area contributed by atoms with E-state index in [4.69, 9.17) is 23.2 Å². The number of halogens is 2. The van der Waals surface area contributed by atoms with E-state index in [0.717, 1.165) is 0 Å². The highest BCUT2D eigenvalue weighted by atomic mass is 35.5. The Bertz CT molecular complexity index is 1130. The molecule has 0 aromatic heterocycles. The van der Waals surface area contributed by atoms with Gasteiger partial charge in [-0.3, -0.25) is 9.59 Å². The first kappa shape index (κ1) is 22.2. The molecule has 4 nitrogen and oxygen atoms in total. The van der Waals surface area contributed by atoms with Gasteiger partial charge in [-0.25, -0.2) is 0 Å². The lowest BCUT2D eigenvalue weighted by Crippen LogP contribution is -2.27. The predicted octanol–water partition coefficient (Wildman–Crippen LogP) is 5.89. The molecule has 0 saturated carbocycles. The minimum absolute atomic E-state index is 0.0924. The Morgan fingerprint density at radius 2 is 1.73 bits per heavy atom. The molecule has 0 spiro atoms. The monoisotopic (exact) mass is 456 g/mol. The van der Waals surface area contributed by atoms with Crippen molar-refractivity contribution < 1.29 is 9.59 Å². The number of benzene rings is 2. The number of dihydropyridines is 1. The minimum Gasteiger partial charge on any atom is -0.353 e. The maximum absolute atomic E-state index is 12.6. The third-order valence-corrected chi connectivity index (χ3v) is 6.46. The molecule has 152 valence electrons. The van der Waals surface area contributed by atoms with Gasteiger partial charge in [0, 0.05) is 21.9 Å². The first-order chi connectivity index (χ1) is 14.3. The van der Waals surface area contributed by atoms with Crippen molar-refractivity contribution in [1.29, 1.82) is 5.26 Å². The van der Waals surface area contributed by atoms with Crippen LogP contribution in [0.5, 0.6) is 0 Å². The van der Waals surface area contributed by atoms with E-state index in [1.54, 1.807) is 43.3 Å². The van der Waals surface area contributed by atoms with Gasteiger partial charge >= 0.3 is 0 Å². The number of hydrogen-bond donors (Lipinski definition) is 1. The van der Waals surface area contributed by atoms with Crippen LogP contribution in [0.3, 0.4) is 0 Å². The topological polar surface area (TPSA) is 70.0 Å². The van der Waals surface area contributed by atoms with Crippen LogP contribution in [-0.2, 0) is 4.79 Å². The van der Waals surface area contributed by atoms with E-state index < -0.39 is 5.92 Å². The smallest absolute Gasteiger partial charge is 0.174 e. The average molecular weight is 457 g/mol. The van der Waals surface area contributed by atoms with Crippen LogP contribution >= 0.6 is 35.0 Å². The Morgan fingerprint density at radius 3 is 2.33 bits per heavy atom. The summed E-state index contributed by atoms with van der Waals surface area (Å²) in [6.07, 6.45) is 0. The fraction of sp³-hybridized carbons (Fsp3) is 0.174. The van der Waals surface area contributed by atoms with E-state index in [1.165, 1.54) is 18.7 Å². The lowest BCUT2D eigenvalue weighted by molar-refractivity contribution is -0.113. The van der Waals surface area contributed by atoms with E-state index in [9.17, 15) is 14.9 Å². The van der Waals surface area contributed by atoms with Crippen LogP contribution in [0.4, 0.5) is 0 Å². The van der Waals surface area contributed by atoms with Gasteiger partial charge in [0.2, 0.25) is 0 Å². The van der Waals surface area contributed by atoms with Crippen molar-refractivity contribution in [3.63, 3.8) is 0 Å². The second-order valence-corrected chi connectivity index (χ2v) is 8.52. The third kappa shape index (κ3) is 4.46. The summed E-state index contributed by atoms with van der Waals surface area (Å²) in [4.78, 5) is 25.0. The molecule has 3 rings (SSSR count). The van der Waals surface area contributed by atoms with Crippen molar-refractivity contribution >= 4 is 46.5 Å². The van der Waals surface area contributed by atoms with Crippen molar-refractivity contribution in [3.8, 4) is 6.07 Å². The van der Waals surface area contributed by atoms with Crippen molar-refractivity contribution in [2.24, 2.45) is 0 Å². The van der Waals surface area contributed by atoms with Gasteiger partial charge < -0.3 is 5.32 Å². The van der Waals surface area contributed by atoms with Gasteiger partial charge in [-0.05, 0) is 37.6 Å². The van der Waals surface area contributed by atoms with Crippen LogP contribution in [0.25, 0.3) is 0 Å². The maximum Gasteiger partial charge on any atom is 0.174 e. The van der Waals surface area contributed by atoms with Gasteiger partial charge in [-0.15, -0.1) is 0 Å². The molecule has 1 heterocycles. The van der Waals surface area contributed by atoms with Crippen molar-refractivity contribution in [1.82, 2.24) is 5.32 Å². The molecule has 0 unspecified atom stereocenters. The van der Waals surface area contributed by atoms with E-state index in [1.807, 2.05) is 12.1 Å². The Kier molecular flexibility index (Phi) is 7.04. The number of ketones is 2. The van der Waals surface area contributed by atoms with Gasteiger partial charge in [-0.1, -0.05) is 65.3 Å². The number of nitriles is 1. The molecule has 7 heteroatoms. The normalized spacial score (nSPS) is 16.2. The number of rotatable bonds is 6. The standard InChI is InChI=1S/C23H18Cl2N2O2S/c1-13-21(14(2)28)22(16-8-4-6-10-19(16)25)17(11-26)23(27-13)30-12-20(29)15-7-3-5-9-18(15)24/h3-10,22,27H,12H2,1-2H3/t22-/m0/s1. The second kappa shape index (κ2) is 9.53. The highest BCUT2D eigenvalue weighted by Gasteiger charge is 2.34. The predicted molar refractivity (Wildman–Crippen MR) is 122 cm³/mol. The Labute approximate surface area is 189 Å². The fourth-order valence-electron chi connectivity index (χ4n) is 3.42. The summed E-state index contributed by atoms with van der Waals surface area (Å²) in [5.74, 6) is -0.797. The number of hydrogen-bond acceptors (Lipinski definition) is 5. The molecule has 0 saturated heterocycles. The van der Waals surface area contributed by atoms with Gasteiger partial charge in [0.25, 0.3) is 0 Å². The summed E-state index contributed by atoms with van der Waals surface area (Å²) in [5, 5.41) is 14.5. The summed E-state index contributed by atoms with van der Waals surface area (Å²) >= 11 is 13.7. The fourth-order valence-corrected chi connectivity index (χ4v) is 4.88. The molecule has 0 amide bonds. The maximum atomic E-state index is 12.6. The Morgan fingerprint density at radius 1 is 1.10 bits per heavy atom. The van der Waals surface area contributed by atoms with Crippen molar-refractivity contribution in [2.75, 3.05) is 5.75 Å². The number of allylic oxidation sites excluding steroid dienone is 3. The van der Waals surface area contributed by atoms with Crippen LogP contribution in [0.1, 0.15) is 35.7 Å². The van der Waals surface area contributed by atoms with Crippen LogP contribution in [0.2, 0.25) is 10.0 Å². The summed E-state index contributed by atoms with van der Waals surface area (Å²) < 4.78 is 0. The Hall–Kier alpha value is -2.52. The van der Waals surface area contributed by atoms with E-state index >= 15 is 0 Å². The zero-order valence-corrected chi connectivity index (χ0v) is 18.7. The highest BCUT2D eigenvalue weighted by Crippen LogP contribution is 2.43. The summed E-state index contributed by atoms with van der Waals surface area (Å²) in [6.45, 7) is 3.25. The zero-order valence-electron chi connectivity index (χ0n) is 16.3. The molecule has 0 fully saturated rings. The number of Topliss-reactive ketones (excluding diaryl/α,β-unsaturated/α-hetero) is 2. The number of carbonyl (C=O) groups excluding carboxylic acids is 2. The first-order valence-corrected chi connectivity index (χ1v) is 10.9. The molecule has 0 aliphatic carbocycles. The molecule has 1 N–H and O–H groups in total. The first-order valence-electron chi connectivity index (χ1n) is 9.13. The minimum atomic E-state index is -0.597. The van der Waals surface area contributed by atoms with E-state index in [-0.39, 0.29) is 17.3 Å². The van der Waals surface area contributed by atoms with E-state index in [0.29, 0.717) is 43.0 Å². The quantitative estimate of drug-likeness (QED) is 0.548. The molecule has 0 bridgehead atoms. The van der Waals surface area contributed by atoms with Crippen LogP contribution < -0.4 is 5.32 Å². The van der Waals surface area contributed by atoms with Crippen LogP contribution in [0.15, 0.2) is 70.4 Å². The third-order valence-electron chi connectivity index (χ3n) is 4.76. The van der Waals surface area contributed by atoms with Crippen LogP contribution in [-0.4, -0.2) is 17.3 Å². The number of thioether (sulfide) groups is 1. The Balaban J connectivity index is 1.99. The molecule has 30 heavy (non-hydrogen) atoms. The van der Waals surface area contributed by atoms with E-state index in [2.05, 4.69) is 11.4 Å². The molecule has 0 radical (unpaired) electrons. The molecule has 1 atom stereocenters. The molecule has 1 aliphatic rings. The van der Waals surface area contributed by atoms with Gasteiger partial charge in [0.1, 0.15) is 0 Å². The summed E-state index contributed by atoms with van der Waals surface area (Å²) in [5.41, 5.74) is 2.59. The molecule has 2 aromatic carbocycles. The molecular weight excluding hydrogens is 439 g/mol. The number of nitrogens with one attached hydrogen (secondary N) is 1. The lowest BCUT2D eigenvalue weighted by Gasteiger charge is -2.29. The number of nitrogens with zero attached hydrogens (tertiary/aromatic N) is 1. The summed E-state index contributed by atoms with van der Waals surface area (Å²) in [6, 6.07) is 16.2. The average Bonchev–Trinajstić information content (AvgIpc) is 2.71. The van der Waals surface area contributed by atoms with Gasteiger partial charge in [0.15, 0.2) is 11.6 Å².